The third kappa shape index (κ3) is 4.41. The normalized spacial score (nSPS) is 36.6. The molecule has 21 heavy (non-hydrogen) atoms. The Morgan fingerprint density at radius 1 is 0.952 bits per heavy atom. The van der Waals surface area contributed by atoms with Crippen molar-refractivity contribution >= 4 is 0 Å². The average Bonchev–Trinajstić information content (AvgIpc) is 2.44. The van der Waals surface area contributed by atoms with Crippen LogP contribution in [0.1, 0.15) is 38.5 Å². The zero-order valence-corrected chi connectivity index (χ0v) is 13.8. The fourth-order valence-electron chi connectivity index (χ4n) is 4.11. The average molecular weight is 296 g/mol. The maximum Gasteiger partial charge on any atom is 0.0628 e. The van der Waals surface area contributed by atoms with Gasteiger partial charge in [0.15, 0.2) is 0 Å². The maximum atomic E-state index is 6.20. The van der Waals surface area contributed by atoms with Crippen LogP contribution in [0.3, 0.4) is 0 Å². The van der Waals surface area contributed by atoms with Crippen molar-refractivity contribution < 1.29 is 9.47 Å². The Bertz CT molecular complexity index is 312. The van der Waals surface area contributed by atoms with Crippen LogP contribution in [-0.2, 0) is 9.47 Å². The van der Waals surface area contributed by atoms with Crippen molar-refractivity contribution in [2.24, 2.45) is 5.92 Å². The zero-order valence-electron chi connectivity index (χ0n) is 13.8. The summed E-state index contributed by atoms with van der Waals surface area (Å²) < 4.78 is 11.5. The number of hydrogen-bond acceptors (Lipinski definition) is 4. The van der Waals surface area contributed by atoms with E-state index in [1.165, 1.54) is 58.4 Å². The minimum Gasteiger partial charge on any atom is -0.381 e. The summed E-state index contributed by atoms with van der Waals surface area (Å²) in [6.45, 7) is 6.33. The van der Waals surface area contributed by atoms with Crippen molar-refractivity contribution in [1.29, 1.82) is 0 Å². The lowest BCUT2D eigenvalue weighted by Crippen LogP contribution is -2.45. The molecule has 2 heterocycles. The summed E-state index contributed by atoms with van der Waals surface area (Å²) in [6.07, 6.45) is 8.86. The minimum absolute atomic E-state index is 0.457. The Morgan fingerprint density at radius 2 is 1.71 bits per heavy atom. The van der Waals surface area contributed by atoms with Crippen LogP contribution >= 0.6 is 0 Å². The quantitative estimate of drug-likeness (QED) is 0.774. The first-order valence-electron chi connectivity index (χ1n) is 8.82. The highest BCUT2D eigenvalue weighted by atomic mass is 16.5. The molecule has 3 fully saturated rings. The van der Waals surface area contributed by atoms with E-state index in [0.29, 0.717) is 18.3 Å². The number of ether oxygens (including phenoxy) is 2. The predicted octanol–water partition coefficient (Wildman–Crippen LogP) is 1.99. The van der Waals surface area contributed by atoms with Gasteiger partial charge in [-0.1, -0.05) is 0 Å². The molecule has 0 amide bonds. The van der Waals surface area contributed by atoms with E-state index in [0.717, 1.165) is 18.8 Å². The molecule has 1 saturated carbocycles. The van der Waals surface area contributed by atoms with Crippen LogP contribution in [0, 0.1) is 5.92 Å². The highest BCUT2D eigenvalue weighted by Crippen LogP contribution is 2.29. The third-order valence-electron chi connectivity index (χ3n) is 5.54. The van der Waals surface area contributed by atoms with Crippen molar-refractivity contribution in [3.63, 3.8) is 0 Å². The van der Waals surface area contributed by atoms with E-state index >= 15 is 0 Å². The standard InChI is InChI=1S/C17H32N2O2/c1-18-7-3-4-14(12-18)13-19-8-5-15(6-9-19)21-17-10-16(11-17)20-2/h14-17H,3-13H2,1-2H3/t14?,16-,17-. The molecule has 0 aromatic carbocycles. The van der Waals surface area contributed by atoms with Gasteiger partial charge >= 0.3 is 0 Å². The van der Waals surface area contributed by atoms with Crippen molar-refractivity contribution in [3.8, 4) is 0 Å². The molecule has 0 radical (unpaired) electrons. The molecule has 3 aliphatic rings. The highest BCUT2D eigenvalue weighted by Gasteiger charge is 2.33. The van der Waals surface area contributed by atoms with Gasteiger partial charge in [-0.3, -0.25) is 0 Å². The Balaban J connectivity index is 1.31. The van der Waals surface area contributed by atoms with E-state index < -0.39 is 0 Å². The summed E-state index contributed by atoms with van der Waals surface area (Å²) in [4.78, 5) is 5.16. The van der Waals surface area contributed by atoms with Gasteiger partial charge in [0.05, 0.1) is 18.3 Å². The second kappa shape index (κ2) is 7.40. The van der Waals surface area contributed by atoms with Crippen LogP contribution in [-0.4, -0.2) is 75.0 Å². The summed E-state index contributed by atoms with van der Waals surface area (Å²) in [5, 5.41) is 0. The van der Waals surface area contributed by atoms with Gasteiger partial charge in [0.25, 0.3) is 0 Å². The molecule has 1 aliphatic carbocycles. The number of likely N-dealkylation sites (tertiary alicyclic amines) is 2. The molecule has 1 unspecified atom stereocenters. The Hall–Kier alpha value is -0.160. The van der Waals surface area contributed by atoms with Gasteiger partial charge in [0.1, 0.15) is 0 Å². The van der Waals surface area contributed by atoms with Gasteiger partial charge in [0.2, 0.25) is 0 Å². The van der Waals surface area contributed by atoms with Crippen molar-refractivity contribution in [2.75, 3.05) is 46.9 Å². The molecule has 2 saturated heterocycles. The Labute approximate surface area is 129 Å². The molecule has 0 spiro atoms. The lowest BCUT2D eigenvalue weighted by molar-refractivity contribution is -0.126. The molecular formula is C17H32N2O2. The number of hydrogen-bond donors (Lipinski definition) is 0. The Kier molecular flexibility index (Phi) is 5.54. The van der Waals surface area contributed by atoms with Gasteiger partial charge in [-0.05, 0) is 58.0 Å². The molecule has 0 N–H and O–H groups in total. The van der Waals surface area contributed by atoms with E-state index in [9.17, 15) is 0 Å². The van der Waals surface area contributed by atoms with E-state index in [2.05, 4.69) is 16.8 Å². The monoisotopic (exact) mass is 296 g/mol. The van der Waals surface area contributed by atoms with E-state index in [1.54, 1.807) is 0 Å². The van der Waals surface area contributed by atoms with Crippen molar-refractivity contribution in [2.45, 2.75) is 56.8 Å². The van der Waals surface area contributed by atoms with Gasteiger partial charge in [-0.2, -0.15) is 0 Å². The topological polar surface area (TPSA) is 24.9 Å². The molecule has 4 nitrogen and oxygen atoms in total. The van der Waals surface area contributed by atoms with Crippen LogP contribution in [0.25, 0.3) is 0 Å². The molecule has 122 valence electrons. The summed E-state index contributed by atoms with van der Waals surface area (Å²) in [7, 11) is 4.07. The van der Waals surface area contributed by atoms with Crippen LogP contribution in [0.5, 0.6) is 0 Å². The SMILES string of the molecule is CO[C@H]1C[C@H](OC2CCN(CC3CCCN(C)C3)CC2)C1. The molecular weight excluding hydrogens is 264 g/mol. The summed E-state index contributed by atoms with van der Waals surface area (Å²) >= 11 is 0. The smallest absolute Gasteiger partial charge is 0.0628 e. The van der Waals surface area contributed by atoms with E-state index in [4.69, 9.17) is 9.47 Å². The fourth-order valence-corrected chi connectivity index (χ4v) is 4.11. The van der Waals surface area contributed by atoms with Crippen LogP contribution in [0.2, 0.25) is 0 Å². The minimum atomic E-state index is 0.457. The largest absolute Gasteiger partial charge is 0.381 e. The summed E-state index contributed by atoms with van der Waals surface area (Å²) in [5.74, 6) is 0.885. The van der Waals surface area contributed by atoms with Crippen LogP contribution in [0.4, 0.5) is 0 Å². The highest BCUT2D eigenvalue weighted by molar-refractivity contribution is 4.84. The van der Waals surface area contributed by atoms with Gasteiger partial charge in [-0.25, -0.2) is 0 Å². The van der Waals surface area contributed by atoms with Crippen LogP contribution in [0.15, 0.2) is 0 Å². The molecule has 0 bridgehead atoms. The number of rotatable bonds is 5. The third-order valence-corrected chi connectivity index (χ3v) is 5.54. The number of piperidine rings is 2. The van der Waals surface area contributed by atoms with Gasteiger partial charge in [0, 0.05) is 33.3 Å². The van der Waals surface area contributed by atoms with Gasteiger partial charge < -0.3 is 19.3 Å². The Morgan fingerprint density at radius 3 is 2.38 bits per heavy atom. The van der Waals surface area contributed by atoms with Gasteiger partial charge in [-0.15, -0.1) is 0 Å². The lowest BCUT2D eigenvalue weighted by Gasteiger charge is -2.40. The first kappa shape index (κ1) is 15.7. The lowest BCUT2D eigenvalue weighted by atomic mass is 9.91. The van der Waals surface area contributed by atoms with E-state index in [1.807, 2.05) is 7.11 Å². The second-order valence-corrected chi connectivity index (χ2v) is 7.36. The zero-order chi connectivity index (χ0) is 14.7. The molecule has 0 aromatic rings. The second-order valence-electron chi connectivity index (χ2n) is 7.36. The summed E-state index contributed by atoms with van der Waals surface area (Å²) in [6, 6.07) is 0. The number of methoxy groups -OCH3 is 1. The predicted molar refractivity (Wildman–Crippen MR) is 84.6 cm³/mol. The first-order valence-corrected chi connectivity index (χ1v) is 8.82. The molecule has 4 heteroatoms. The van der Waals surface area contributed by atoms with E-state index in [-0.39, 0.29) is 0 Å². The summed E-state index contributed by atoms with van der Waals surface area (Å²) in [5.41, 5.74) is 0. The fraction of sp³-hybridized carbons (Fsp3) is 1.00. The molecule has 1 atom stereocenters. The van der Waals surface area contributed by atoms with Crippen molar-refractivity contribution in [3.05, 3.63) is 0 Å². The molecule has 0 aromatic heterocycles. The molecule has 2 aliphatic heterocycles. The first-order chi connectivity index (χ1) is 10.2. The van der Waals surface area contributed by atoms with Crippen molar-refractivity contribution in [1.82, 2.24) is 9.80 Å². The van der Waals surface area contributed by atoms with Crippen LogP contribution < -0.4 is 0 Å². The molecule has 3 rings (SSSR count). The number of nitrogens with zero attached hydrogens (tertiary/aromatic N) is 2. The maximum absolute atomic E-state index is 6.20.